The van der Waals surface area contributed by atoms with E-state index < -0.39 is 0 Å². The van der Waals surface area contributed by atoms with Crippen molar-refractivity contribution in [3.8, 4) is 23.0 Å². The molecule has 0 saturated carbocycles. The third-order valence-electron chi connectivity index (χ3n) is 3.16. The molecule has 3 heteroatoms. The summed E-state index contributed by atoms with van der Waals surface area (Å²) in [5, 5.41) is 2.09. The van der Waals surface area contributed by atoms with Crippen LogP contribution in [0.4, 0.5) is 0 Å². The summed E-state index contributed by atoms with van der Waals surface area (Å²) in [5.74, 6) is 3.11. The molecule has 3 aromatic carbocycles. The van der Waals surface area contributed by atoms with Crippen LogP contribution in [0.15, 0.2) is 59.1 Å². The molecule has 1 aliphatic heterocycles. The first-order chi connectivity index (χ1) is 9.31. The molecule has 1 aliphatic rings. The SMILES string of the molecule is Brc1cc2c3c(cccc3c1)Oc1ccccc1O2. The second-order valence-corrected chi connectivity index (χ2v) is 5.32. The molecule has 4 rings (SSSR count). The van der Waals surface area contributed by atoms with Gasteiger partial charge >= 0.3 is 0 Å². The summed E-state index contributed by atoms with van der Waals surface area (Å²) in [6, 6.07) is 17.7. The van der Waals surface area contributed by atoms with Gasteiger partial charge in [-0.2, -0.15) is 0 Å². The van der Waals surface area contributed by atoms with Crippen molar-refractivity contribution in [1.29, 1.82) is 0 Å². The first kappa shape index (κ1) is 10.9. The van der Waals surface area contributed by atoms with E-state index in [0.717, 1.165) is 38.2 Å². The maximum atomic E-state index is 6.00. The number of hydrogen-bond acceptors (Lipinski definition) is 2. The number of para-hydroxylation sites is 2. The molecule has 0 saturated heterocycles. The van der Waals surface area contributed by atoms with E-state index in [1.165, 1.54) is 0 Å². The van der Waals surface area contributed by atoms with E-state index in [0.29, 0.717) is 0 Å². The van der Waals surface area contributed by atoms with Gasteiger partial charge in [-0.05, 0) is 35.7 Å². The molecule has 3 aromatic rings. The maximum Gasteiger partial charge on any atom is 0.169 e. The van der Waals surface area contributed by atoms with Crippen LogP contribution in [0, 0.1) is 0 Å². The average Bonchev–Trinajstić information content (AvgIpc) is 2.55. The van der Waals surface area contributed by atoms with Crippen molar-refractivity contribution in [2.24, 2.45) is 0 Å². The molecule has 0 aliphatic carbocycles. The number of ether oxygens (including phenoxy) is 2. The van der Waals surface area contributed by atoms with E-state index in [9.17, 15) is 0 Å². The van der Waals surface area contributed by atoms with Gasteiger partial charge in [-0.1, -0.05) is 40.2 Å². The Kier molecular flexibility index (Phi) is 2.29. The lowest BCUT2D eigenvalue weighted by molar-refractivity contribution is 0.439. The largest absolute Gasteiger partial charge is 0.453 e. The number of hydrogen-bond donors (Lipinski definition) is 0. The molecule has 0 radical (unpaired) electrons. The fourth-order valence-electron chi connectivity index (χ4n) is 2.34. The highest BCUT2D eigenvalue weighted by Gasteiger charge is 2.18. The van der Waals surface area contributed by atoms with Crippen LogP contribution in [0.2, 0.25) is 0 Å². The summed E-state index contributed by atoms with van der Waals surface area (Å²) in [4.78, 5) is 0. The van der Waals surface area contributed by atoms with E-state index in [2.05, 4.69) is 28.1 Å². The van der Waals surface area contributed by atoms with Crippen LogP contribution in [-0.4, -0.2) is 0 Å². The van der Waals surface area contributed by atoms with E-state index in [1.807, 2.05) is 42.5 Å². The fraction of sp³-hybridized carbons (Fsp3) is 0. The van der Waals surface area contributed by atoms with Crippen LogP contribution in [-0.2, 0) is 0 Å². The summed E-state index contributed by atoms with van der Waals surface area (Å²) in [5.41, 5.74) is 0. The number of halogens is 1. The minimum atomic E-state index is 0.734. The Hall–Kier alpha value is -2.00. The standard InChI is InChI=1S/C16H9BrO2/c17-11-8-10-4-3-7-14-16(10)15(9-11)19-13-6-2-1-5-12(13)18-14/h1-9H. The smallest absolute Gasteiger partial charge is 0.169 e. The van der Waals surface area contributed by atoms with Crippen LogP contribution in [0.5, 0.6) is 23.0 Å². The van der Waals surface area contributed by atoms with Gasteiger partial charge in [0.15, 0.2) is 11.5 Å². The quantitative estimate of drug-likeness (QED) is 0.427. The van der Waals surface area contributed by atoms with Crippen LogP contribution in [0.3, 0.4) is 0 Å². The van der Waals surface area contributed by atoms with Gasteiger partial charge in [0.2, 0.25) is 0 Å². The number of fused-ring (bicyclic) bond motifs is 1. The topological polar surface area (TPSA) is 18.5 Å². The van der Waals surface area contributed by atoms with Crippen LogP contribution in [0.1, 0.15) is 0 Å². The summed E-state index contributed by atoms with van der Waals surface area (Å²) in [6.07, 6.45) is 0. The molecule has 19 heavy (non-hydrogen) atoms. The summed E-state index contributed by atoms with van der Waals surface area (Å²) >= 11 is 3.52. The van der Waals surface area contributed by atoms with E-state index >= 15 is 0 Å². The Morgan fingerprint density at radius 2 is 1.37 bits per heavy atom. The average molecular weight is 313 g/mol. The Morgan fingerprint density at radius 3 is 2.16 bits per heavy atom. The predicted molar refractivity (Wildman–Crippen MR) is 78.2 cm³/mol. The van der Waals surface area contributed by atoms with Crippen LogP contribution in [0.25, 0.3) is 10.8 Å². The highest BCUT2D eigenvalue weighted by atomic mass is 79.9. The molecule has 0 aromatic heterocycles. The zero-order valence-electron chi connectivity index (χ0n) is 9.89. The van der Waals surface area contributed by atoms with Crippen molar-refractivity contribution >= 4 is 26.7 Å². The lowest BCUT2D eigenvalue weighted by Crippen LogP contribution is -1.84. The van der Waals surface area contributed by atoms with Gasteiger partial charge < -0.3 is 9.47 Å². The van der Waals surface area contributed by atoms with E-state index in [-0.39, 0.29) is 0 Å². The molecule has 2 nitrogen and oxygen atoms in total. The summed E-state index contributed by atoms with van der Waals surface area (Å²) < 4.78 is 13.0. The van der Waals surface area contributed by atoms with Crippen LogP contribution < -0.4 is 9.47 Å². The molecule has 92 valence electrons. The number of benzene rings is 3. The molecular weight excluding hydrogens is 304 g/mol. The van der Waals surface area contributed by atoms with Crippen molar-refractivity contribution in [1.82, 2.24) is 0 Å². The molecule has 0 amide bonds. The van der Waals surface area contributed by atoms with Gasteiger partial charge in [-0.3, -0.25) is 0 Å². The van der Waals surface area contributed by atoms with Gasteiger partial charge in [-0.25, -0.2) is 0 Å². The zero-order chi connectivity index (χ0) is 12.8. The van der Waals surface area contributed by atoms with Crippen molar-refractivity contribution < 1.29 is 9.47 Å². The molecule has 0 N–H and O–H groups in total. The van der Waals surface area contributed by atoms with Crippen molar-refractivity contribution in [2.75, 3.05) is 0 Å². The Labute approximate surface area is 118 Å². The van der Waals surface area contributed by atoms with Gasteiger partial charge in [0.1, 0.15) is 11.5 Å². The van der Waals surface area contributed by atoms with Crippen molar-refractivity contribution in [3.05, 3.63) is 59.1 Å². The first-order valence-electron chi connectivity index (χ1n) is 5.98. The zero-order valence-corrected chi connectivity index (χ0v) is 11.5. The van der Waals surface area contributed by atoms with Gasteiger partial charge in [0.05, 0.1) is 5.39 Å². The predicted octanol–water partition coefficient (Wildman–Crippen LogP) is 5.50. The molecule has 1 heterocycles. The van der Waals surface area contributed by atoms with Gasteiger partial charge in [0.25, 0.3) is 0 Å². The third-order valence-corrected chi connectivity index (χ3v) is 3.61. The lowest BCUT2D eigenvalue weighted by Gasteiger charge is -2.07. The molecule has 0 spiro atoms. The second kappa shape index (κ2) is 4.00. The molecule has 0 bridgehead atoms. The van der Waals surface area contributed by atoms with Crippen molar-refractivity contribution in [3.63, 3.8) is 0 Å². The Bertz CT molecular complexity index is 796. The molecule has 0 unspecified atom stereocenters. The Morgan fingerprint density at radius 1 is 0.684 bits per heavy atom. The monoisotopic (exact) mass is 312 g/mol. The lowest BCUT2D eigenvalue weighted by atomic mass is 10.1. The van der Waals surface area contributed by atoms with Crippen LogP contribution >= 0.6 is 15.9 Å². The normalized spacial score (nSPS) is 12.3. The molecule has 0 fully saturated rings. The second-order valence-electron chi connectivity index (χ2n) is 4.41. The van der Waals surface area contributed by atoms with E-state index in [4.69, 9.17) is 9.47 Å². The minimum Gasteiger partial charge on any atom is -0.453 e. The molecule has 0 atom stereocenters. The minimum absolute atomic E-state index is 0.734. The summed E-state index contributed by atoms with van der Waals surface area (Å²) in [6.45, 7) is 0. The van der Waals surface area contributed by atoms with Gasteiger partial charge in [-0.15, -0.1) is 0 Å². The van der Waals surface area contributed by atoms with Gasteiger partial charge in [0, 0.05) is 4.47 Å². The highest BCUT2D eigenvalue weighted by molar-refractivity contribution is 9.10. The van der Waals surface area contributed by atoms with E-state index in [1.54, 1.807) is 0 Å². The molecular formula is C16H9BrO2. The third kappa shape index (κ3) is 1.70. The number of rotatable bonds is 0. The van der Waals surface area contributed by atoms with Crippen molar-refractivity contribution in [2.45, 2.75) is 0 Å². The maximum absolute atomic E-state index is 6.00. The summed E-state index contributed by atoms with van der Waals surface area (Å²) in [7, 11) is 0. The first-order valence-corrected chi connectivity index (χ1v) is 6.77. The Balaban J connectivity index is 2.09. The highest BCUT2D eigenvalue weighted by Crippen LogP contribution is 2.46. The fourth-order valence-corrected chi connectivity index (χ4v) is 2.80.